The van der Waals surface area contributed by atoms with Gasteiger partial charge < -0.3 is 19.6 Å². The van der Waals surface area contributed by atoms with E-state index < -0.39 is 12.0 Å². The molecule has 3 aromatic carbocycles. The molecular formula is C26H24Cl2N2O4. The quantitative estimate of drug-likeness (QED) is 0.255. The van der Waals surface area contributed by atoms with E-state index in [9.17, 15) is 9.90 Å². The third kappa shape index (κ3) is 5.47. The number of nitrogens with one attached hydrogen (secondary N) is 2. The summed E-state index contributed by atoms with van der Waals surface area (Å²) in [6.45, 7) is 0.487. The largest absolute Gasteiger partial charge is 0.493 e. The molecular weight excluding hydrogens is 475 g/mol. The number of carbonyl (C=O) groups is 1. The molecule has 6 nitrogen and oxygen atoms in total. The van der Waals surface area contributed by atoms with Gasteiger partial charge in [-0.3, -0.25) is 10.1 Å². The number of H-pyrrole nitrogens is 1. The Labute approximate surface area is 207 Å². The summed E-state index contributed by atoms with van der Waals surface area (Å²) in [4.78, 5) is 15.2. The molecule has 1 atom stereocenters. The van der Waals surface area contributed by atoms with E-state index in [1.807, 2.05) is 42.6 Å². The zero-order valence-electron chi connectivity index (χ0n) is 18.5. The first-order valence-electron chi connectivity index (χ1n) is 10.7. The van der Waals surface area contributed by atoms with Gasteiger partial charge in [-0.1, -0.05) is 59.6 Å². The zero-order valence-corrected chi connectivity index (χ0v) is 20.0. The average Bonchev–Trinajstić information content (AvgIpc) is 3.24. The van der Waals surface area contributed by atoms with Crippen molar-refractivity contribution in [2.75, 3.05) is 7.11 Å². The number of aromatic amines is 1. The van der Waals surface area contributed by atoms with Crippen LogP contribution >= 0.6 is 23.2 Å². The summed E-state index contributed by atoms with van der Waals surface area (Å²) in [5, 5.41) is 15.1. The Kier molecular flexibility index (Phi) is 7.63. The lowest BCUT2D eigenvalue weighted by Gasteiger charge is -2.18. The van der Waals surface area contributed by atoms with E-state index in [1.165, 1.54) is 0 Å². The molecule has 8 heteroatoms. The lowest BCUT2D eigenvalue weighted by Crippen LogP contribution is -2.38. The zero-order chi connectivity index (χ0) is 24.1. The topological polar surface area (TPSA) is 83.6 Å². The standard InChI is InChI=1S/C26H24Cl2N2O4/c1-33-24-8-4-5-16(25(24)34-15-17-9-10-19(27)12-21(17)28)13-30-23(26(31)32)11-18-14-29-22-7-3-2-6-20(18)22/h2-10,12,14,23,29-30H,11,13,15H2,1H3,(H,31,32)/t23-/m0/s1. The van der Waals surface area contributed by atoms with Gasteiger partial charge in [0, 0.05) is 51.2 Å². The summed E-state index contributed by atoms with van der Waals surface area (Å²) in [5.74, 6) is 0.149. The number of carboxylic acids is 1. The molecule has 3 N–H and O–H groups in total. The maximum atomic E-state index is 12.0. The van der Waals surface area contributed by atoms with Crippen LogP contribution in [0.3, 0.4) is 0 Å². The lowest BCUT2D eigenvalue weighted by molar-refractivity contribution is -0.139. The van der Waals surface area contributed by atoms with E-state index >= 15 is 0 Å². The predicted molar refractivity (Wildman–Crippen MR) is 134 cm³/mol. The van der Waals surface area contributed by atoms with Gasteiger partial charge in [-0.15, -0.1) is 0 Å². The summed E-state index contributed by atoms with van der Waals surface area (Å²) in [6, 6.07) is 17.8. The molecule has 1 heterocycles. The van der Waals surface area contributed by atoms with Crippen LogP contribution in [0.1, 0.15) is 16.7 Å². The van der Waals surface area contributed by atoms with Gasteiger partial charge in [-0.2, -0.15) is 0 Å². The van der Waals surface area contributed by atoms with Crippen LogP contribution in [0.25, 0.3) is 10.9 Å². The van der Waals surface area contributed by atoms with Gasteiger partial charge in [0.25, 0.3) is 0 Å². The number of methoxy groups -OCH3 is 1. The molecule has 0 saturated carbocycles. The fraction of sp³-hybridized carbons (Fsp3) is 0.192. The van der Waals surface area contributed by atoms with Crippen molar-refractivity contribution in [1.82, 2.24) is 10.3 Å². The number of hydrogen-bond acceptors (Lipinski definition) is 4. The summed E-state index contributed by atoms with van der Waals surface area (Å²) in [5.41, 5.74) is 3.47. The van der Waals surface area contributed by atoms with Crippen molar-refractivity contribution in [3.63, 3.8) is 0 Å². The number of hydrogen-bond donors (Lipinski definition) is 3. The number of benzene rings is 3. The molecule has 0 radical (unpaired) electrons. The molecule has 0 aliphatic rings. The van der Waals surface area contributed by atoms with Gasteiger partial charge in [0.2, 0.25) is 0 Å². The number of para-hydroxylation sites is 2. The Balaban J connectivity index is 1.51. The molecule has 4 rings (SSSR count). The second-order valence-electron chi connectivity index (χ2n) is 7.81. The third-order valence-corrected chi connectivity index (χ3v) is 6.19. The van der Waals surface area contributed by atoms with Gasteiger partial charge in [0.05, 0.1) is 7.11 Å². The SMILES string of the molecule is COc1cccc(CN[C@@H](Cc2c[nH]c3ccccc23)C(=O)O)c1OCc1ccc(Cl)cc1Cl. The van der Waals surface area contributed by atoms with Crippen molar-refractivity contribution in [2.24, 2.45) is 0 Å². The summed E-state index contributed by atoms with van der Waals surface area (Å²) in [6.07, 6.45) is 2.19. The first-order chi connectivity index (χ1) is 16.5. The highest BCUT2D eigenvalue weighted by Crippen LogP contribution is 2.33. The minimum absolute atomic E-state index is 0.209. The van der Waals surface area contributed by atoms with E-state index in [4.69, 9.17) is 32.7 Å². The average molecular weight is 499 g/mol. The van der Waals surface area contributed by atoms with Crippen LogP contribution in [0, 0.1) is 0 Å². The van der Waals surface area contributed by atoms with Gasteiger partial charge in [-0.05, 0) is 29.8 Å². The molecule has 0 fully saturated rings. The number of halogens is 2. The minimum Gasteiger partial charge on any atom is -0.493 e. The number of aliphatic carboxylic acids is 1. The first kappa shape index (κ1) is 24.0. The van der Waals surface area contributed by atoms with Crippen LogP contribution in [-0.4, -0.2) is 29.2 Å². The van der Waals surface area contributed by atoms with Crippen LogP contribution in [0.5, 0.6) is 11.5 Å². The maximum Gasteiger partial charge on any atom is 0.321 e. The molecule has 0 unspecified atom stereocenters. The molecule has 176 valence electrons. The van der Waals surface area contributed by atoms with Crippen LogP contribution in [0.15, 0.2) is 66.9 Å². The number of aromatic nitrogens is 1. The fourth-order valence-corrected chi connectivity index (χ4v) is 4.28. The number of fused-ring (bicyclic) bond motifs is 1. The number of carboxylic acid groups (broad SMARTS) is 1. The van der Waals surface area contributed by atoms with Crippen molar-refractivity contribution in [2.45, 2.75) is 25.6 Å². The molecule has 34 heavy (non-hydrogen) atoms. The van der Waals surface area contributed by atoms with Gasteiger partial charge in [0.15, 0.2) is 11.5 Å². The minimum atomic E-state index is -0.927. The summed E-state index contributed by atoms with van der Waals surface area (Å²) in [7, 11) is 1.56. The van der Waals surface area contributed by atoms with Crippen molar-refractivity contribution in [3.05, 3.63) is 93.6 Å². The fourth-order valence-electron chi connectivity index (χ4n) is 3.81. The van der Waals surface area contributed by atoms with Crippen molar-refractivity contribution in [1.29, 1.82) is 0 Å². The van der Waals surface area contributed by atoms with Gasteiger partial charge >= 0.3 is 5.97 Å². The molecule has 4 aromatic rings. The highest BCUT2D eigenvalue weighted by atomic mass is 35.5. The second-order valence-corrected chi connectivity index (χ2v) is 8.65. The van der Waals surface area contributed by atoms with Crippen LogP contribution in [0.2, 0.25) is 10.0 Å². The lowest BCUT2D eigenvalue weighted by atomic mass is 10.0. The Morgan fingerprint density at radius 2 is 1.88 bits per heavy atom. The van der Waals surface area contributed by atoms with Crippen LogP contribution in [-0.2, 0) is 24.4 Å². The van der Waals surface area contributed by atoms with Crippen molar-refractivity contribution < 1.29 is 19.4 Å². The van der Waals surface area contributed by atoms with E-state index in [0.29, 0.717) is 28.0 Å². The van der Waals surface area contributed by atoms with Crippen molar-refractivity contribution in [3.8, 4) is 11.5 Å². The Bertz CT molecular complexity index is 1310. The molecule has 0 amide bonds. The van der Waals surface area contributed by atoms with Gasteiger partial charge in [-0.25, -0.2) is 0 Å². The highest BCUT2D eigenvalue weighted by Gasteiger charge is 2.21. The van der Waals surface area contributed by atoms with Gasteiger partial charge in [0.1, 0.15) is 12.6 Å². The van der Waals surface area contributed by atoms with E-state index in [2.05, 4.69) is 10.3 Å². The third-order valence-electron chi connectivity index (χ3n) is 5.60. The number of ether oxygens (including phenoxy) is 2. The molecule has 0 aliphatic carbocycles. The summed E-state index contributed by atoms with van der Waals surface area (Å²) < 4.78 is 11.6. The Morgan fingerprint density at radius 1 is 1.06 bits per heavy atom. The number of rotatable bonds is 10. The van der Waals surface area contributed by atoms with Crippen molar-refractivity contribution >= 4 is 40.1 Å². The molecule has 0 spiro atoms. The van der Waals surface area contributed by atoms with Crippen LogP contribution in [0.4, 0.5) is 0 Å². The van der Waals surface area contributed by atoms with E-state index in [1.54, 1.807) is 31.4 Å². The highest BCUT2D eigenvalue weighted by molar-refractivity contribution is 6.35. The maximum absolute atomic E-state index is 12.0. The first-order valence-corrected chi connectivity index (χ1v) is 11.5. The van der Waals surface area contributed by atoms with E-state index in [0.717, 1.165) is 27.6 Å². The summed E-state index contributed by atoms with van der Waals surface area (Å²) >= 11 is 12.3. The van der Waals surface area contributed by atoms with Crippen LogP contribution < -0.4 is 14.8 Å². The molecule has 0 saturated heterocycles. The monoisotopic (exact) mass is 498 g/mol. The molecule has 0 aliphatic heterocycles. The Hall–Kier alpha value is -3.19. The van der Waals surface area contributed by atoms with E-state index in [-0.39, 0.29) is 13.2 Å². The molecule has 0 bridgehead atoms. The normalized spacial score (nSPS) is 12.0. The predicted octanol–water partition coefficient (Wildman–Crippen LogP) is 5.85. The Morgan fingerprint density at radius 3 is 2.65 bits per heavy atom. The molecule has 1 aromatic heterocycles. The smallest absolute Gasteiger partial charge is 0.321 e. The second kappa shape index (κ2) is 10.8.